The standard InChI is InChI=1S/C47H75NO11/c1-12-15-35-21-28(4)20-29(5)22-40(55-10)43-41(56-11)25-32(8)47(54,59-43)44(51)45(52)48-19-14-13-16-36(48)46(53)58-42(33(9)39(26-38(35)50)57-27(2)3)31(7)24-34-17-18-37(49)30(6)23-34/h12,21,24,27,29-30,32-37,39-43,49,54H,1,13-20,22-23,25-26H2,2-11H3/b28-21+,31-24+/t29-,30+,32+,33+,34+,35+,36-,37+,39-,40-,41-,42+,43-,47+/m0/s1. The average molecular weight is 830 g/mol. The van der Waals surface area contributed by atoms with E-state index >= 15 is 0 Å². The van der Waals surface area contributed by atoms with Gasteiger partial charge in [-0.15, -0.1) is 6.58 Å². The van der Waals surface area contributed by atoms with Crippen LogP contribution in [0.5, 0.6) is 0 Å². The number of hydrogen-bond donors (Lipinski definition) is 2. The van der Waals surface area contributed by atoms with Crippen molar-refractivity contribution in [3.8, 4) is 0 Å². The van der Waals surface area contributed by atoms with Gasteiger partial charge in [0, 0.05) is 44.9 Å². The van der Waals surface area contributed by atoms with Gasteiger partial charge in [-0.2, -0.15) is 0 Å². The number of carbonyl (C=O) groups excluding carboxylic acids is 4. The normalized spacial score (nSPS) is 40.1. The van der Waals surface area contributed by atoms with Crippen molar-refractivity contribution in [3.05, 3.63) is 36.0 Å². The number of fused-ring (bicyclic) bond motifs is 3. The van der Waals surface area contributed by atoms with Gasteiger partial charge in [-0.05, 0) is 115 Å². The summed E-state index contributed by atoms with van der Waals surface area (Å²) in [7, 11) is 3.09. The fourth-order valence-electron chi connectivity index (χ4n) is 9.96. The molecule has 2 bridgehead atoms. The Labute approximate surface area is 353 Å². The minimum absolute atomic E-state index is 0.00798. The van der Waals surface area contributed by atoms with Gasteiger partial charge in [-0.1, -0.05) is 51.5 Å². The number of allylic oxidation sites excluding steroid dienone is 4. The van der Waals surface area contributed by atoms with Crippen LogP contribution in [0, 0.1) is 35.5 Å². The molecule has 2 N–H and O–H groups in total. The van der Waals surface area contributed by atoms with E-state index in [2.05, 4.69) is 19.6 Å². The van der Waals surface area contributed by atoms with Crippen LogP contribution >= 0.6 is 0 Å². The molecule has 0 aromatic heterocycles. The quantitative estimate of drug-likeness (QED) is 0.153. The van der Waals surface area contributed by atoms with Crippen LogP contribution in [0.2, 0.25) is 0 Å². The van der Waals surface area contributed by atoms with Crippen LogP contribution in [0.4, 0.5) is 0 Å². The van der Waals surface area contributed by atoms with E-state index in [4.69, 9.17) is 23.7 Å². The van der Waals surface area contributed by atoms with E-state index in [-0.39, 0.29) is 61.6 Å². The molecule has 1 saturated carbocycles. The third-order valence-corrected chi connectivity index (χ3v) is 13.4. The largest absolute Gasteiger partial charge is 0.456 e. The van der Waals surface area contributed by atoms with E-state index in [9.17, 15) is 29.4 Å². The van der Waals surface area contributed by atoms with Gasteiger partial charge >= 0.3 is 5.97 Å². The highest BCUT2D eigenvalue weighted by atomic mass is 16.7. The second kappa shape index (κ2) is 21.9. The van der Waals surface area contributed by atoms with Crippen molar-refractivity contribution in [2.24, 2.45) is 35.5 Å². The van der Waals surface area contributed by atoms with Crippen molar-refractivity contribution in [1.82, 2.24) is 4.90 Å². The molecule has 334 valence electrons. The smallest absolute Gasteiger partial charge is 0.329 e. The van der Waals surface area contributed by atoms with Crippen molar-refractivity contribution in [2.45, 2.75) is 181 Å². The Bertz CT molecular complexity index is 1520. The van der Waals surface area contributed by atoms with Crippen molar-refractivity contribution < 1.29 is 53.1 Å². The minimum atomic E-state index is -2.49. The Morgan fingerprint density at radius 2 is 1.66 bits per heavy atom. The minimum Gasteiger partial charge on any atom is -0.456 e. The molecular formula is C47H75NO11. The lowest BCUT2D eigenvalue weighted by Gasteiger charge is -2.47. The number of Topliss-reactive ketones (excluding diaryl/α,β-unsaturated/α-hetero) is 2. The molecule has 0 spiro atoms. The maximum Gasteiger partial charge on any atom is 0.329 e. The van der Waals surface area contributed by atoms with Crippen LogP contribution in [0.1, 0.15) is 126 Å². The first-order chi connectivity index (χ1) is 27.8. The molecule has 3 aliphatic heterocycles. The van der Waals surface area contributed by atoms with Crippen molar-refractivity contribution in [3.63, 3.8) is 0 Å². The van der Waals surface area contributed by atoms with E-state index in [0.29, 0.717) is 38.5 Å². The molecule has 3 heterocycles. The first-order valence-corrected chi connectivity index (χ1v) is 22.2. The van der Waals surface area contributed by atoms with Crippen molar-refractivity contribution >= 4 is 23.4 Å². The molecule has 14 atom stereocenters. The van der Waals surface area contributed by atoms with E-state index in [1.54, 1.807) is 27.2 Å². The van der Waals surface area contributed by atoms with Crippen LogP contribution in [0.25, 0.3) is 0 Å². The Morgan fingerprint density at radius 3 is 2.29 bits per heavy atom. The Hall–Kier alpha value is -2.74. The number of hydrogen-bond acceptors (Lipinski definition) is 11. The molecule has 0 aromatic carbocycles. The zero-order chi connectivity index (χ0) is 43.8. The third-order valence-electron chi connectivity index (χ3n) is 13.4. The molecule has 0 radical (unpaired) electrons. The number of carbonyl (C=O) groups is 4. The number of ether oxygens (including phenoxy) is 5. The first kappa shape index (κ1) is 48.9. The fraction of sp³-hybridized carbons (Fsp3) is 0.787. The second-order valence-electron chi connectivity index (χ2n) is 18.6. The molecule has 1 aliphatic carbocycles. The molecule has 3 fully saturated rings. The molecule has 0 aromatic rings. The number of ketones is 2. The summed E-state index contributed by atoms with van der Waals surface area (Å²) >= 11 is 0. The Balaban J connectivity index is 1.83. The summed E-state index contributed by atoms with van der Waals surface area (Å²) in [4.78, 5) is 58.8. The highest BCUT2D eigenvalue weighted by Gasteiger charge is 2.56. The molecule has 1 amide bonds. The molecule has 4 rings (SSSR count). The van der Waals surface area contributed by atoms with E-state index in [1.165, 1.54) is 4.90 Å². The number of rotatable bonds is 8. The Kier molecular flexibility index (Phi) is 18.1. The lowest BCUT2D eigenvalue weighted by atomic mass is 9.78. The van der Waals surface area contributed by atoms with Crippen molar-refractivity contribution in [1.29, 1.82) is 0 Å². The van der Waals surface area contributed by atoms with Gasteiger partial charge in [0.1, 0.15) is 24.0 Å². The fourth-order valence-corrected chi connectivity index (χ4v) is 9.96. The number of esters is 1. The summed E-state index contributed by atoms with van der Waals surface area (Å²) in [6.45, 7) is 19.5. The van der Waals surface area contributed by atoms with Gasteiger partial charge in [-0.3, -0.25) is 14.4 Å². The Morgan fingerprint density at radius 1 is 0.983 bits per heavy atom. The highest BCUT2D eigenvalue weighted by Crippen LogP contribution is 2.39. The summed E-state index contributed by atoms with van der Waals surface area (Å²) in [6, 6.07) is -1.09. The second-order valence-corrected chi connectivity index (χ2v) is 18.6. The third kappa shape index (κ3) is 12.2. The lowest BCUT2D eigenvalue weighted by Crippen LogP contribution is -2.64. The molecule has 59 heavy (non-hydrogen) atoms. The van der Waals surface area contributed by atoms with Crippen LogP contribution in [-0.4, -0.2) is 114 Å². The van der Waals surface area contributed by atoms with Gasteiger partial charge in [0.15, 0.2) is 0 Å². The molecular weight excluding hydrogens is 755 g/mol. The van der Waals surface area contributed by atoms with Gasteiger partial charge in [0.25, 0.3) is 11.7 Å². The maximum atomic E-state index is 14.5. The van der Waals surface area contributed by atoms with Crippen LogP contribution < -0.4 is 0 Å². The molecule has 2 saturated heterocycles. The number of aliphatic hydroxyl groups is 2. The van der Waals surface area contributed by atoms with Gasteiger partial charge in [0.05, 0.1) is 30.5 Å². The highest BCUT2D eigenvalue weighted by molar-refractivity contribution is 6.39. The van der Waals surface area contributed by atoms with Crippen LogP contribution in [-0.2, 0) is 42.9 Å². The first-order valence-electron chi connectivity index (χ1n) is 22.2. The SMILES string of the molecule is C=CC[C@@H]1/C=C(\C)C[C@H](C)C[C@H](OC)[C@@H]2O[C@@](O)(C(=O)C(=O)N3CCCC[C@H]3C(=O)O[C@H](/C(C)=C/[C@@H]3CC[C@@H](O)[C@H](C)C3)[C@H](C)[C@@H](OC(C)C)CC1=O)[C@H](C)C[C@@H]2OC. The number of cyclic esters (lactones) is 1. The van der Waals surface area contributed by atoms with Gasteiger partial charge < -0.3 is 38.8 Å². The predicted molar refractivity (Wildman–Crippen MR) is 225 cm³/mol. The maximum absolute atomic E-state index is 14.5. The molecule has 0 unspecified atom stereocenters. The number of methoxy groups -OCH3 is 2. The molecule has 4 aliphatic rings. The zero-order valence-corrected chi connectivity index (χ0v) is 37.5. The van der Waals surface area contributed by atoms with Gasteiger partial charge in [0.2, 0.25) is 5.79 Å². The summed E-state index contributed by atoms with van der Waals surface area (Å²) in [6.07, 6.45) is 7.37. The summed E-state index contributed by atoms with van der Waals surface area (Å²) in [5, 5.41) is 22.6. The number of amides is 1. The molecule has 12 nitrogen and oxygen atoms in total. The van der Waals surface area contributed by atoms with E-state index in [1.807, 2.05) is 47.6 Å². The molecule has 12 heteroatoms. The zero-order valence-electron chi connectivity index (χ0n) is 37.5. The average Bonchev–Trinajstić information content (AvgIpc) is 3.19. The number of piperidine rings is 1. The monoisotopic (exact) mass is 830 g/mol. The number of aliphatic hydroxyl groups excluding tert-OH is 1. The van der Waals surface area contributed by atoms with Crippen LogP contribution in [0.3, 0.4) is 0 Å². The van der Waals surface area contributed by atoms with E-state index < -0.39 is 77.8 Å². The summed E-state index contributed by atoms with van der Waals surface area (Å²) in [5.74, 6) is -6.75. The topological polar surface area (TPSA) is 158 Å². The van der Waals surface area contributed by atoms with Gasteiger partial charge in [-0.25, -0.2) is 4.79 Å². The summed E-state index contributed by atoms with van der Waals surface area (Å²) < 4.78 is 31.1. The number of nitrogens with zero attached hydrogens (tertiary/aromatic N) is 1. The van der Waals surface area contributed by atoms with E-state index in [0.717, 1.165) is 24.0 Å². The lowest BCUT2D eigenvalue weighted by molar-refractivity contribution is -0.302. The van der Waals surface area contributed by atoms with Crippen molar-refractivity contribution in [2.75, 3.05) is 20.8 Å². The van der Waals surface area contributed by atoms with Crippen LogP contribution in [0.15, 0.2) is 36.0 Å². The predicted octanol–water partition coefficient (Wildman–Crippen LogP) is 6.69. The summed E-state index contributed by atoms with van der Waals surface area (Å²) in [5.41, 5.74) is 1.81.